The molecule has 6 aromatic heterocycles. The highest BCUT2D eigenvalue weighted by atomic mass is 32.1. The molecule has 0 radical (unpaired) electrons. The van der Waals surface area contributed by atoms with Gasteiger partial charge in [-0.1, -0.05) is 0 Å². The fourth-order valence-corrected chi connectivity index (χ4v) is 6.34. The number of fused-ring (bicyclic) bond motifs is 4. The molecule has 6 aromatic rings. The number of pyridine rings is 1. The van der Waals surface area contributed by atoms with Crippen molar-refractivity contribution in [3.63, 3.8) is 0 Å². The number of methoxy groups -OCH3 is 1. The van der Waals surface area contributed by atoms with Crippen LogP contribution in [0.15, 0.2) is 46.5 Å². The molecule has 43 heavy (non-hydrogen) atoms. The van der Waals surface area contributed by atoms with Crippen molar-refractivity contribution in [1.82, 2.24) is 34.0 Å². The molecule has 1 saturated heterocycles. The summed E-state index contributed by atoms with van der Waals surface area (Å²) in [4.78, 5) is 29.9. The number of carbonyl (C=O) groups is 1. The van der Waals surface area contributed by atoms with Gasteiger partial charge in [-0.15, -0.1) is 16.4 Å². The number of nitrogens with two attached hydrogens (primary N) is 1. The second-order valence-corrected chi connectivity index (χ2v) is 10.9. The third-order valence-corrected chi connectivity index (χ3v) is 8.54. The van der Waals surface area contributed by atoms with Crippen LogP contribution in [0.4, 0.5) is 24.9 Å². The zero-order valence-electron chi connectivity index (χ0n) is 22.7. The summed E-state index contributed by atoms with van der Waals surface area (Å²) in [7, 11) is 1.19. The molecule has 0 atom stereocenters. The SMILES string of the molecule is COC(=O)c1csc2c(C(F)(F)F)cc(N3CCN(CCn4ccc5c4nc(N)n4nc(-c6ccco6)nc54)CC3)nc12. The van der Waals surface area contributed by atoms with Crippen LogP contribution in [0.1, 0.15) is 15.9 Å². The molecule has 2 N–H and O–H groups in total. The summed E-state index contributed by atoms with van der Waals surface area (Å²) < 4.78 is 55.4. The molecular weight excluding hydrogens is 587 g/mol. The first kappa shape index (κ1) is 27.2. The van der Waals surface area contributed by atoms with Crippen molar-refractivity contribution in [1.29, 1.82) is 0 Å². The maximum atomic E-state index is 13.9. The van der Waals surface area contributed by atoms with E-state index in [9.17, 15) is 18.0 Å². The highest BCUT2D eigenvalue weighted by molar-refractivity contribution is 7.17. The Kier molecular flexibility index (Phi) is 6.46. The van der Waals surface area contributed by atoms with E-state index in [1.165, 1.54) is 17.0 Å². The fourth-order valence-electron chi connectivity index (χ4n) is 5.33. The van der Waals surface area contributed by atoms with Crippen LogP contribution in [0.3, 0.4) is 0 Å². The number of rotatable bonds is 6. The quantitative estimate of drug-likeness (QED) is 0.274. The Bertz CT molecular complexity index is 1970. The molecule has 16 heteroatoms. The van der Waals surface area contributed by atoms with Gasteiger partial charge in [0.25, 0.3) is 0 Å². The summed E-state index contributed by atoms with van der Waals surface area (Å²) in [6.07, 6.45) is -1.12. The van der Waals surface area contributed by atoms with E-state index in [4.69, 9.17) is 14.9 Å². The first-order chi connectivity index (χ1) is 20.7. The second-order valence-electron chi connectivity index (χ2n) is 10.0. The van der Waals surface area contributed by atoms with Gasteiger partial charge in [-0.3, -0.25) is 4.90 Å². The molecule has 0 aliphatic carbocycles. The number of esters is 1. The second kappa shape index (κ2) is 10.2. The Morgan fingerprint density at radius 1 is 1.12 bits per heavy atom. The van der Waals surface area contributed by atoms with E-state index in [0.717, 1.165) is 22.8 Å². The number of anilines is 2. The van der Waals surface area contributed by atoms with Gasteiger partial charge in [0.15, 0.2) is 11.4 Å². The van der Waals surface area contributed by atoms with Crippen molar-refractivity contribution < 1.29 is 27.1 Å². The van der Waals surface area contributed by atoms with Gasteiger partial charge in [0.05, 0.1) is 40.1 Å². The lowest BCUT2D eigenvalue weighted by atomic mass is 10.1. The Morgan fingerprint density at radius 2 is 1.93 bits per heavy atom. The molecule has 7 heterocycles. The smallest absolute Gasteiger partial charge is 0.417 e. The Hall–Kier alpha value is -4.70. The Morgan fingerprint density at radius 3 is 2.65 bits per heavy atom. The van der Waals surface area contributed by atoms with Crippen LogP contribution in [0.2, 0.25) is 0 Å². The molecule has 0 amide bonds. The topological polar surface area (TPSA) is 133 Å². The average molecular weight is 612 g/mol. The largest absolute Gasteiger partial charge is 0.465 e. The van der Waals surface area contributed by atoms with Crippen LogP contribution >= 0.6 is 11.3 Å². The maximum Gasteiger partial charge on any atom is 0.417 e. The molecule has 0 spiro atoms. The average Bonchev–Trinajstić information content (AvgIpc) is 3.80. The summed E-state index contributed by atoms with van der Waals surface area (Å²) in [5, 5.41) is 6.59. The Balaban J connectivity index is 1.07. The maximum absolute atomic E-state index is 13.9. The van der Waals surface area contributed by atoms with Crippen molar-refractivity contribution in [2.45, 2.75) is 12.7 Å². The molecule has 0 saturated carbocycles. The van der Waals surface area contributed by atoms with Gasteiger partial charge in [-0.2, -0.15) is 22.7 Å². The lowest BCUT2D eigenvalue weighted by Gasteiger charge is -2.35. The van der Waals surface area contributed by atoms with Crippen molar-refractivity contribution >= 4 is 56.0 Å². The van der Waals surface area contributed by atoms with Crippen LogP contribution < -0.4 is 10.6 Å². The number of nitrogens with zero attached hydrogens (tertiary/aromatic N) is 8. The van der Waals surface area contributed by atoms with E-state index in [1.807, 2.05) is 21.7 Å². The number of nitrogen functional groups attached to an aromatic ring is 1. The summed E-state index contributed by atoms with van der Waals surface area (Å²) in [5.74, 6) is 0.604. The van der Waals surface area contributed by atoms with Gasteiger partial charge in [0.2, 0.25) is 11.8 Å². The molecule has 0 bridgehead atoms. The first-order valence-corrected chi connectivity index (χ1v) is 14.2. The molecule has 12 nitrogen and oxygen atoms in total. The lowest BCUT2D eigenvalue weighted by molar-refractivity contribution is -0.136. The van der Waals surface area contributed by atoms with Crippen LogP contribution in [0.5, 0.6) is 0 Å². The van der Waals surface area contributed by atoms with E-state index in [1.54, 1.807) is 18.4 Å². The Labute approximate surface area is 245 Å². The zero-order valence-corrected chi connectivity index (χ0v) is 23.5. The van der Waals surface area contributed by atoms with Gasteiger partial charge < -0.3 is 24.4 Å². The number of furan rings is 1. The van der Waals surface area contributed by atoms with Crippen LogP contribution in [-0.2, 0) is 17.5 Å². The van der Waals surface area contributed by atoms with Gasteiger partial charge in [0, 0.05) is 50.8 Å². The van der Waals surface area contributed by atoms with Gasteiger partial charge in [0.1, 0.15) is 11.5 Å². The minimum Gasteiger partial charge on any atom is -0.465 e. The van der Waals surface area contributed by atoms with E-state index < -0.39 is 17.7 Å². The predicted molar refractivity (Wildman–Crippen MR) is 153 cm³/mol. The number of piperazine rings is 1. The van der Waals surface area contributed by atoms with Crippen LogP contribution in [-0.4, -0.2) is 79.8 Å². The van der Waals surface area contributed by atoms with Crippen molar-refractivity contribution in [3.05, 3.63) is 53.2 Å². The molecular formula is C27H24F3N9O3S. The monoisotopic (exact) mass is 611 g/mol. The van der Waals surface area contributed by atoms with E-state index >= 15 is 0 Å². The highest BCUT2D eigenvalue weighted by Gasteiger charge is 2.36. The number of hydrogen-bond acceptors (Lipinski definition) is 11. The summed E-state index contributed by atoms with van der Waals surface area (Å²) in [6.45, 7) is 3.48. The number of alkyl halides is 3. The van der Waals surface area contributed by atoms with Crippen molar-refractivity contribution in [2.24, 2.45) is 0 Å². The minimum atomic E-state index is -4.59. The predicted octanol–water partition coefficient (Wildman–Crippen LogP) is 4.16. The normalized spacial score (nSPS) is 14.8. The molecule has 1 aliphatic rings. The number of thiophene rings is 1. The number of carbonyl (C=O) groups excluding carboxylic acids is 1. The number of halogens is 3. The van der Waals surface area contributed by atoms with E-state index in [-0.39, 0.29) is 27.5 Å². The molecule has 7 rings (SSSR count). The van der Waals surface area contributed by atoms with E-state index in [2.05, 4.69) is 25.0 Å². The summed E-state index contributed by atoms with van der Waals surface area (Å²) >= 11 is 0.836. The van der Waals surface area contributed by atoms with Crippen LogP contribution in [0.25, 0.3) is 38.5 Å². The van der Waals surface area contributed by atoms with Crippen molar-refractivity contribution in [2.75, 3.05) is 50.5 Å². The van der Waals surface area contributed by atoms with Gasteiger partial charge in [-0.05, 0) is 24.3 Å². The summed E-state index contributed by atoms with van der Waals surface area (Å²) in [6, 6.07) is 6.52. The minimum absolute atomic E-state index is 0.00780. The number of ether oxygens (including phenoxy) is 1. The zero-order chi connectivity index (χ0) is 29.9. The summed E-state index contributed by atoms with van der Waals surface area (Å²) in [5.41, 5.74) is 6.70. The third kappa shape index (κ3) is 4.71. The van der Waals surface area contributed by atoms with E-state index in [0.29, 0.717) is 62.1 Å². The molecule has 0 unspecified atom stereocenters. The molecule has 1 aliphatic heterocycles. The molecule has 1 fully saturated rings. The molecule has 0 aromatic carbocycles. The van der Waals surface area contributed by atoms with Gasteiger partial charge >= 0.3 is 12.1 Å². The number of aromatic nitrogens is 6. The highest BCUT2D eigenvalue weighted by Crippen LogP contribution is 2.40. The fraction of sp³-hybridized carbons (Fsp3) is 0.296. The lowest BCUT2D eigenvalue weighted by Crippen LogP contribution is -2.47. The number of hydrogen-bond donors (Lipinski definition) is 1. The standard InChI is InChI=1S/C27H24F3N9O3S/c1-41-25(40)16-14-43-21-17(27(28,29)30)13-19(32-20(16)21)37-9-6-36(7-10-37)8-11-38-5-4-15-23(38)34-26(31)39-24(15)33-22(35-39)18-3-2-12-42-18/h2-5,12-14H,6-11H2,1H3,(H2,31,34). The van der Waals surface area contributed by atoms with Gasteiger partial charge in [-0.25, -0.2) is 14.8 Å². The van der Waals surface area contributed by atoms with Crippen LogP contribution in [0, 0.1) is 0 Å². The molecule has 222 valence electrons. The van der Waals surface area contributed by atoms with Crippen molar-refractivity contribution in [3.8, 4) is 11.6 Å². The first-order valence-electron chi connectivity index (χ1n) is 13.3. The third-order valence-electron chi connectivity index (χ3n) is 7.53.